The largest absolute Gasteiger partial charge is 0.489 e. The third-order valence-corrected chi connectivity index (χ3v) is 6.87. The number of hydrogen-bond donors (Lipinski definition) is 1. The van der Waals surface area contributed by atoms with Crippen LogP contribution in [0.25, 0.3) is 32.8 Å². The Morgan fingerprint density at radius 1 is 0.875 bits per heavy atom. The zero-order valence-corrected chi connectivity index (χ0v) is 17.8. The Balaban J connectivity index is 1.61. The predicted molar refractivity (Wildman–Crippen MR) is 127 cm³/mol. The number of rotatable bonds is 2. The van der Waals surface area contributed by atoms with Gasteiger partial charge in [0.2, 0.25) is 0 Å². The first-order valence-electron chi connectivity index (χ1n) is 10.4. The lowest BCUT2D eigenvalue weighted by atomic mass is 10.0. The maximum absolute atomic E-state index is 12.9. The minimum absolute atomic E-state index is 0.0485. The van der Waals surface area contributed by atoms with Crippen LogP contribution in [-0.4, -0.2) is 39.3 Å². The van der Waals surface area contributed by atoms with Crippen LogP contribution in [0.5, 0.6) is 5.75 Å². The highest BCUT2D eigenvalue weighted by Gasteiger charge is 2.23. The highest BCUT2D eigenvalue weighted by atomic mass is 32.2. The first-order chi connectivity index (χ1) is 15.7. The smallest absolute Gasteiger partial charge is 0.193 e. The van der Waals surface area contributed by atoms with E-state index in [4.69, 9.17) is 14.7 Å². The highest BCUT2D eigenvalue weighted by Crippen LogP contribution is 2.44. The number of thioether (sulfide) groups is 1. The zero-order chi connectivity index (χ0) is 21.7. The molecule has 5 aromatic rings. The summed E-state index contributed by atoms with van der Waals surface area (Å²) in [5.74, 6) is 1.21. The third-order valence-electron chi connectivity index (χ3n) is 5.65. The van der Waals surface area contributed by atoms with Crippen LogP contribution < -0.4 is 4.74 Å². The van der Waals surface area contributed by atoms with Crippen LogP contribution in [0.3, 0.4) is 0 Å². The lowest BCUT2D eigenvalue weighted by Gasteiger charge is -2.14. The minimum atomic E-state index is -0.551. The van der Waals surface area contributed by atoms with Crippen molar-refractivity contribution in [1.82, 2.24) is 9.97 Å². The number of hydrogen-bond acceptors (Lipinski definition) is 6. The van der Waals surface area contributed by atoms with Crippen molar-refractivity contribution in [3.8, 4) is 5.75 Å². The SMILES string of the molecule is O=C(c1ccccc1)c1ccc2nc3c(nc2c1)c1c(c2ccccc23)OCC(O)CS1. The van der Waals surface area contributed by atoms with Gasteiger partial charge in [0.05, 0.1) is 27.5 Å². The molecular formula is C26H18N2O3S. The number of fused-ring (bicyclic) bond motifs is 7. The van der Waals surface area contributed by atoms with E-state index in [0.29, 0.717) is 22.4 Å². The van der Waals surface area contributed by atoms with E-state index >= 15 is 0 Å². The molecule has 6 heteroatoms. The molecule has 156 valence electrons. The minimum Gasteiger partial charge on any atom is -0.489 e. The molecule has 0 bridgehead atoms. The van der Waals surface area contributed by atoms with Gasteiger partial charge in [-0.15, -0.1) is 11.8 Å². The number of ketones is 1. The van der Waals surface area contributed by atoms with Gasteiger partial charge >= 0.3 is 0 Å². The number of carbonyl (C=O) groups excluding carboxylic acids is 1. The highest BCUT2D eigenvalue weighted by molar-refractivity contribution is 7.99. The Hall–Kier alpha value is -3.48. The molecular weight excluding hydrogens is 420 g/mol. The molecule has 1 unspecified atom stereocenters. The van der Waals surface area contributed by atoms with Crippen LogP contribution in [0.15, 0.2) is 77.7 Å². The van der Waals surface area contributed by atoms with Gasteiger partial charge in [0.1, 0.15) is 17.9 Å². The second-order valence-corrected chi connectivity index (χ2v) is 8.83. The number of aliphatic hydroxyl groups is 1. The first kappa shape index (κ1) is 19.2. The molecule has 2 heterocycles. The Kier molecular flexibility index (Phi) is 4.56. The number of carbonyl (C=O) groups is 1. The van der Waals surface area contributed by atoms with Crippen molar-refractivity contribution >= 4 is 50.4 Å². The molecule has 1 atom stereocenters. The van der Waals surface area contributed by atoms with Crippen LogP contribution in [0, 0.1) is 0 Å². The summed E-state index contributed by atoms with van der Waals surface area (Å²) >= 11 is 1.53. The van der Waals surface area contributed by atoms with Crippen LogP contribution in [0.2, 0.25) is 0 Å². The Bertz CT molecular complexity index is 1520. The summed E-state index contributed by atoms with van der Waals surface area (Å²) in [7, 11) is 0. The van der Waals surface area contributed by atoms with Gasteiger partial charge in [-0.05, 0) is 18.2 Å². The van der Waals surface area contributed by atoms with Crippen LogP contribution >= 0.6 is 11.8 Å². The number of aromatic nitrogens is 2. The Morgan fingerprint density at radius 2 is 1.62 bits per heavy atom. The van der Waals surface area contributed by atoms with E-state index in [-0.39, 0.29) is 12.4 Å². The summed E-state index contributed by atoms with van der Waals surface area (Å²) in [5, 5.41) is 12.1. The topological polar surface area (TPSA) is 72.3 Å². The maximum Gasteiger partial charge on any atom is 0.193 e. The van der Waals surface area contributed by atoms with Crippen molar-refractivity contribution in [2.75, 3.05) is 12.4 Å². The molecule has 32 heavy (non-hydrogen) atoms. The normalized spacial score (nSPS) is 16.0. The average molecular weight is 439 g/mol. The predicted octanol–water partition coefficient (Wildman–Crippen LogP) is 5.01. The maximum atomic E-state index is 12.9. The van der Waals surface area contributed by atoms with Crippen molar-refractivity contribution in [2.45, 2.75) is 11.0 Å². The fourth-order valence-electron chi connectivity index (χ4n) is 4.10. The van der Waals surface area contributed by atoms with E-state index < -0.39 is 6.10 Å². The van der Waals surface area contributed by atoms with Crippen molar-refractivity contribution in [1.29, 1.82) is 0 Å². The van der Waals surface area contributed by atoms with Gasteiger partial charge in [0, 0.05) is 27.7 Å². The summed E-state index contributed by atoms with van der Waals surface area (Å²) in [6.07, 6.45) is -0.551. The molecule has 0 radical (unpaired) electrons. The quantitative estimate of drug-likeness (QED) is 0.237. The molecule has 0 amide bonds. The molecule has 0 spiro atoms. The number of benzene rings is 4. The van der Waals surface area contributed by atoms with Gasteiger partial charge in [-0.25, -0.2) is 9.97 Å². The van der Waals surface area contributed by atoms with Crippen molar-refractivity contribution in [3.63, 3.8) is 0 Å². The molecule has 4 aromatic carbocycles. The van der Waals surface area contributed by atoms with Gasteiger partial charge in [0.15, 0.2) is 5.78 Å². The summed E-state index contributed by atoms with van der Waals surface area (Å²) in [5.41, 5.74) is 4.12. The lowest BCUT2D eigenvalue weighted by Crippen LogP contribution is -2.17. The molecule has 1 N–H and O–H groups in total. The van der Waals surface area contributed by atoms with Gasteiger partial charge in [-0.1, -0.05) is 54.6 Å². The fourth-order valence-corrected chi connectivity index (χ4v) is 5.13. The van der Waals surface area contributed by atoms with E-state index in [1.54, 1.807) is 12.1 Å². The van der Waals surface area contributed by atoms with Crippen LogP contribution in [0.1, 0.15) is 15.9 Å². The van der Waals surface area contributed by atoms with E-state index in [2.05, 4.69) is 0 Å². The van der Waals surface area contributed by atoms with E-state index in [1.807, 2.05) is 60.7 Å². The molecule has 0 saturated heterocycles. The van der Waals surface area contributed by atoms with Crippen molar-refractivity contribution in [2.24, 2.45) is 0 Å². The number of aliphatic hydroxyl groups excluding tert-OH is 1. The average Bonchev–Trinajstić information content (AvgIpc) is 3.05. The summed E-state index contributed by atoms with van der Waals surface area (Å²) in [6.45, 7) is 0.242. The van der Waals surface area contributed by atoms with Crippen LogP contribution in [0.4, 0.5) is 0 Å². The molecule has 5 nitrogen and oxygen atoms in total. The van der Waals surface area contributed by atoms with Crippen LogP contribution in [-0.2, 0) is 0 Å². The summed E-state index contributed by atoms with van der Waals surface area (Å²) in [6, 6.07) is 22.6. The van der Waals surface area contributed by atoms with Gasteiger partial charge in [0.25, 0.3) is 0 Å². The van der Waals surface area contributed by atoms with Crippen molar-refractivity contribution < 1.29 is 14.6 Å². The van der Waals surface area contributed by atoms with E-state index in [1.165, 1.54) is 11.8 Å². The van der Waals surface area contributed by atoms with Crippen molar-refractivity contribution in [3.05, 3.63) is 83.9 Å². The molecule has 1 aromatic heterocycles. The summed E-state index contributed by atoms with van der Waals surface area (Å²) < 4.78 is 6.02. The second kappa shape index (κ2) is 7.58. The zero-order valence-electron chi connectivity index (χ0n) is 17.0. The third kappa shape index (κ3) is 3.11. The van der Waals surface area contributed by atoms with Gasteiger partial charge < -0.3 is 9.84 Å². The monoisotopic (exact) mass is 438 g/mol. The number of ether oxygens (including phenoxy) is 1. The molecule has 6 rings (SSSR count). The van der Waals surface area contributed by atoms with Gasteiger partial charge in [-0.3, -0.25) is 4.79 Å². The second-order valence-electron chi connectivity index (χ2n) is 7.80. The molecule has 0 fully saturated rings. The Morgan fingerprint density at radius 3 is 2.47 bits per heavy atom. The molecule has 0 aliphatic carbocycles. The molecule has 1 aliphatic rings. The van der Waals surface area contributed by atoms with E-state index in [9.17, 15) is 9.90 Å². The molecule has 0 saturated carbocycles. The lowest BCUT2D eigenvalue weighted by molar-refractivity contribution is 0.103. The van der Waals surface area contributed by atoms with E-state index in [0.717, 1.165) is 38.0 Å². The first-order valence-corrected chi connectivity index (χ1v) is 11.4. The Labute approximate surface area is 188 Å². The standard InChI is InChI=1S/C26H18N2O3S/c29-17-13-31-25-19-9-5-4-8-18(19)22-23(26(25)32-14-17)28-21-12-16(10-11-20(21)27-22)24(30)15-6-2-1-3-7-15/h1-12,17,29H,13-14H2. The molecule has 1 aliphatic heterocycles. The fraction of sp³-hybridized carbons (Fsp3) is 0.115. The van der Waals surface area contributed by atoms with Gasteiger partial charge in [-0.2, -0.15) is 0 Å². The summed E-state index contributed by atoms with van der Waals surface area (Å²) in [4.78, 5) is 23.7. The number of nitrogens with zero attached hydrogens (tertiary/aromatic N) is 2.